The van der Waals surface area contributed by atoms with Crippen molar-refractivity contribution in [3.05, 3.63) is 0 Å². The Hall–Kier alpha value is -0.100. The average molecular weight is 627 g/mol. The Morgan fingerprint density at radius 2 is 0.714 bits per heavy atom. The minimum Gasteiger partial charge on any atom is -0.466 e. The van der Waals surface area contributed by atoms with Gasteiger partial charge in [-0.25, -0.2) is 0 Å². The van der Waals surface area contributed by atoms with Crippen molar-refractivity contribution in [3.8, 4) is 0 Å². The lowest BCUT2D eigenvalue weighted by molar-refractivity contribution is -0.144. The highest BCUT2D eigenvalue weighted by molar-refractivity contribution is 9.09. The number of halogens is 2. The topological polar surface area (TPSA) is 52.6 Å². The molecule has 0 amide bonds. The monoisotopic (exact) mass is 624 g/mol. The van der Waals surface area contributed by atoms with E-state index in [0.29, 0.717) is 35.7 Å². The van der Waals surface area contributed by atoms with Crippen LogP contribution in [0.25, 0.3) is 0 Å². The lowest BCUT2D eigenvalue weighted by Crippen LogP contribution is -2.07. The molecule has 0 spiro atoms. The average Bonchev–Trinajstić information content (AvgIpc) is 2.82. The lowest BCUT2D eigenvalue weighted by atomic mass is 10.0. The first-order chi connectivity index (χ1) is 16.9. The predicted octanol–water partition coefficient (Wildman–Crippen LogP) is 9.83. The van der Waals surface area contributed by atoms with Crippen molar-refractivity contribution < 1.29 is 19.1 Å². The second-order valence-electron chi connectivity index (χ2n) is 10.1. The summed E-state index contributed by atoms with van der Waals surface area (Å²) in [6.07, 6.45) is 24.6. The molecule has 0 N–H and O–H groups in total. The Labute approximate surface area is 233 Å². The molecule has 6 heteroatoms. The molecule has 4 nitrogen and oxygen atoms in total. The molecule has 0 fully saturated rings. The second-order valence-corrected chi connectivity index (χ2v) is 13.2. The van der Waals surface area contributed by atoms with Gasteiger partial charge in [-0.1, -0.05) is 142 Å². The fraction of sp³-hybridized carbons (Fsp3) is 0.931. The number of alkyl halides is 2. The van der Waals surface area contributed by atoms with Crippen LogP contribution in [0.5, 0.6) is 0 Å². The molecule has 0 radical (unpaired) electrons. The van der Waals surface area contributed by atoms with Gasteiger partial charge in [-0.05, 0) is 25.7 Å². The standard InChI is InChI=1S/C29H54Br2O4/c1-26(30)20-22-28(32)34-24-18-16-14-12-10-8-6-4-3-5-7-9-11-13-15-17-19-25-35-29(33)23-21-27(2)31/h26-27H,3-25H2,1-2H3. The molecule has 0 aliphatic carbocycles. The number of hydrogen-bond acceptors (Lipinski definition) is 4. The predicted molar refractivity (Wildman–Crippen MR) is 156 cm³/mol. The molecular weight excluding hydrogens is 572 g/mol. The van der Waals surface area contributed by atoms with Crippen LogP contribution in [0.3, 0.4) is 0 Å². The van der Waals surface area contributed by atoms with E-state index in [0.717, 1.165) is 25.7 Å². The summed E-state index contributed by atoms with van der Waals surface area (Å²) in [5, 5.41) is 0. The molecule has 0 saturated carbocycles. The summed E-state index contributed by atoms with van der Waals surface area (Å²) in [6, 6.07) is 0. The SMILES string of the molecule is CC(Br)CCC(=O)OCCCCCCCCCCCCCCCCCCCOC(=O)CCC(C)Br. The molecule has 0 rings (SSSR count). The van der Waals surface area contributed by atoms with E-state index in [4.69, 9.17) is 9.47 Å². The molecule has 0 bridgehead atoms. The second kappa shape index (κ2) is 26.9. The number of hydrogen-bond donors (Lipinski definition) is 0. The highest BCUT2D eigenvalue weighted by Crippen LogP contribution is 2.14. The Balaban J connectivity index is 3.15. The number of ether oxygens (including phenoxy) is 2. The van der Waals surface area contributed by atoms with E-state index in [-0.39, 0.29) is 11.9 Å². The number of carbonyl (C=O) groups excluding carboxylic acids is 2. The van der Waals surface area contributed by atoms with Crippen molar-refractivity contribution in [1.82, 2.24) is 0 Å². The minimum absolute atomic E-state index is 0.0565. The molecular formula is C29H54Br2O4. The summed E-state index contributed by atoms with van der Waals surface area (Å²) >= 11 is 6.90. The molecule has 2 unspecified atom stereocenters. The van der Waals surface area contributed by atoms with Crippen molar-refractivity contribution in [2.75, 3.05) is 13.2 Å². The molecule has 0 aromatic rings. The highest BCUT2D eigenvalue weighted by Gasteiger charge is 2.06. The van der Waals surface area contributed by atoms with Crippen molar-refractivity contribution in [3.63, 3.8) is 0 Å². The molecule has 0 saturated heterocycles. The van der Waals surface area contributed by atoms with Gasteiger partial charge in [0, 0.05) is 22.5 Å². The van der Waals surface area contributed by atoms with Gasteiger partial charge in [0.05, 0.1) is 13.2 Å². The maximum Gasteiger partial charge on any atom is 0.305 e. The van der Waals surface area contributed by atoms with E-state index < -0.39 is 0 Å². The van der Waals surface area contributed by atoms with Gasteiger partial charge in [-0.3, -0.25) is 9.59 Å². The van der Waals surface area contributed by atoms with Crippen molar-refractivity contribution in [2.24, 2.45) is 0 Å². The minimum atomic E-state index is -0.0565. The molecule has 0 aromatic carbocycles. The van der Waals surface area contributed by atoms with E-state index in [2.05, 4.69) is 45.7 Å². The van der Waals surface area contributed by atoms with Crippen molar-refractivity contribution in [1.29, 1.82) is 0 Å². The van der Waals surface area contributed by atoms with Gasteiger partial charge in [0.1, 0.15) is 0 Å². The van der Waals surface area contributed by atoms with Gasteiger partial charge < -0.3 is 9.47 Å². The summed E-state index contributed by atoms with van der Waals surface area (Å²) in [5.74, 6) is -0.113. The van der Waals surface area contributed by atoms with Crippen LogP contribution < -0.4 is 0 Å². The van der Waals surface area contributed by atoms with Crippen LogP contribution in [-0.2, 0) is 19.1 Å². The van der Waals surface area contributed by atoms with Crippen LogP contribution in [0.4, 0.5) is 0 Å². The largest absolute Gasteiger partial charge is 0.466 e. The first-order valence-corrected chi connectivity index (χ1v) is 16.3. The first-order valence-electron chi connectivity index (χ1n) is 14.5. The highest BCUT2D eigenvalue weighted by atomic mass is 79.9. The molecule has 35 heavy (non-hydrogen) atoms. The number of esters is 2. The maximum atomic E-state index is 11.5. The fourth-order valence-electron chi connectivity index (χ4n) is 4.01. The summed E-state index contributed by atoms with van der Waals surface area (Å²) in [7, 11) is 0. The third-order valence-electron chi connectivity index (χ3n) is 6.31. The molecule has 0 aliphatic heterocycles. The molecule has 0 heterocycles. The van der Waals surface area contributed by atoms with Gasteiger partial charge >= 0.3 is 11.9 Å². The maximum absolute atomic E-state index is 11.5. The van der Waals surface area contributed by atoms with Gasteiger partial charge in [0.15, 0.2) is 0 Å². The molecule has 2 atom stereocenters. The smallest absolute Gasteiger partial charge is 0.305 e. The van der Waals surface area contributed by atoms with Crippen LogP contribution in [-0.4, -0.2) is 34.8 Å². The summed E-state index contributed by atoms with van der Waals surface area (Å²) in [6.45, 7) is 5.28. The van der Waals surface area contributed by atoms with Gasteiger partial charge in [-0.15, -0.1) is 0 Å². The van der Waals surface area contributed by atoms with Crippen LogP contribution in [0, 0.1) is 0 Å². The number of unbranched alkanes of at least 4 members (excludes halogenated alkanes) is 16. The van der Waals surface area contributed by atoms with Crippen molar-refractivity contribution in [2.45, 2.75) is 158 Å². The van der Waals surface area contributed by atoms with Gasteiger partial charge in [0.2, 0.25) is 0 Å². The van der Waals surface area contributed by atoms with Crippen molar-refractivity contribution >= 4 is 43.8 Å². The Kier molecular flexibility index (Phi) is 26.9. The van der Waals surface area contributed by atoms with Crippen LogP contribution in [0.15, 0.2) is 0 Å². The quantitative estimate of drug-likeness (QED) is 0.0545. The van der Waals surface area contributed by atoms with Crippen LogP contribution in [0.1, 0.15) is 149 Å². The Morgan fingerprint density at radius 1 is 0.486 bits per heavy atom. The van der Waals surface area contributed by atoms with E-state index in [1.807, 2.05) is 0 Å². The zero-order valence-electron chi connectivity index (χ0n) is 22.8. The lowest BCUT2D eigenvalue weighted by Gasteiger charge is -2.06. The van der Waals surface area contributed by atoms with E-state index in [1.54, 1.807) is 0 Å². The van der Waals surface area contributed by atoms with Gasteiger partial charge in [0.25, 0.3) is 0 Å². The normalized spacial score (nSPS) is 12.9. The van der Waals surface area contributed by atoms with E-state index >= 15 is 0 Å². The van der Waals surface area contributed by atoms with Crippen LogP contribution in [0.2, 0.25) is 0 Å². The molecule has 0 aliphatic rings. The summed E-state index contributed by atoms with van der Waals surface area (Å²) < 4.78 is 10.5. The number of rotatable bonds is 26. The summed E-state index contributed by atoms with van der Waals surface area (Å²) in [4.78, 5) is 23.8. The first kappa shape index (κ1) is 34.9. The zero-order chi connectivity index (χ0) is 26.0. The Morgan fingerprint density at radius 3 is 0.943 bits per heavy atom. The number of carbonyl (C=O) groups is 2. The third-order valence-corrected chi connectivity index (χ3v) is 7.22. The van der Waals surface area contributed by atoms with Crippen LogP contribution >= 0.6 is 31.9 Å². The van der Waals surface area contributed by atoms with Gasteiger partial charge in [-0.2, -0.15) is 0 Å². The fourth-order valence-corrected chi connectivity index (χ4v) is 4.46. The van der Waals surface area contributed by atoms with E-state index in [9.17, 15) is 9.59 Å². The zero-order valence-corrected chi connectivity index (χ0v) is 26.0. The molecule has 0 aromatic heterocycles. The summed E-state index contributed by atoms with van der Waals surface area (Å²) in [5.41, 5.74) is 0. The third kappa shape index (κ3) is 30.0. The molecule has 208 valence electrons. The Bertz CT molecular complexity index is 441. The van der Waals surface area contributed by atoms with E-state index in [1.165, 1.54) is 96.3 Å².